The zero-order valence-corrected chi connectivity index (χ0v) is 17.3. The number of carbonyl (C=O) groups is 1. The number of rotatable bonds is 7. The lowest BCUT2D eigenvalue weighted by Crippen LogP contribution is -2.48. The highest BCUT2D eigenvalue weighted by atomic mass is 32.2. The van der Waals surface area contributed by atoms with Crippen molar-refractivity contribution in [2.75, 3.05) is 31.1 Å². The summed E-state index contributed by atoms with van der Waals surface area (Å²) in [7, 11) is -6.94. The minimum atomic E-state index is -3.75. The number of carbonyl (C=O) groups excluding carboxylic acids is 1. The molecule has 1 aliphatic heterocycles. The van der Waals surface area contributed by atoms with Gasteiger partial charge in [0.15, 0.2) is 9.84 Å². The monoisotopic (exact) mass is 418 g/mol. The first-order valence-corrected chi connectivity index (χ1v) is 12.1. The maximum atomic E-state index is 12.9. The van der Waals surface area contributed by atoms with Crippen molar-refractivity contribution in [2.24, 2.45) is 0 Å². The summed E-state index contributed by atoms with van der Waals surface area (Å²) in [6.45, 7) is 5.64. The van der Waals surface area contributed by atoms with Crippen LogP contribution in [-0.4, -0.2) is 70.4 Å². The Bertz CT molecular complexity index is 872. The maximum absolute atomic E-state index is 12.9. The Kier molecular flexibility index (Phi) is 7.01. The van der Waals surface area contributed by atoms with Gasteiger partial charge < -0.3 is 10.1 Å². The molecule has 1 aromatic rings. The van der Waals surface area contributed by atoms with E-state index >= 15 is 0 Å². The Morgan fingerprint density at radius 3 is 2.41 bits per heavy atom. The van der Waals surface area contributed by atoms with E-state index in [1.165, 1.54) is 28.6 Å². The molecule has 10 heteroatoms. The fourth-order valence-electron chi connectivity index (χ4n) is 2.84. The van der Waals surface area contributed by atoms with Gasteiger partial charge in [-0.3, -0.25) is 4.79 Å². The Balaban J connectivity index is 2.13. The van der Waals surface area contributed by atoms with Gasteiger partial charge in [-0.2, -0.15) is 4.31 Å². The molecule has 0 bridgehead atoms. The van der Waals surface area contributed by atoms with Gasteiger partial charge in [0.05, 0.1) is 22.9 Å². The van der Waals surface area contributed by atoms with Crippen LogP contribution in [0.5, 0.6) is 0 Å². The number of hydrogen-bond acceptors (Lipinski definition) is 6. The lowest BCUT2D eigenvalue weighted by atomic mass is 10.2. The van der Waals surface area contributed by atoms with Gasteiger partial charge in [-0.05, 0) is 32.0 Å². The van der Waals surface area contributed by atoms with Gasteiger partial charge >= 0.3 is 0 Å². The average molecular weight is 419 g/mol. The predicted molar refractivity (Wildman–Crippen MR) is 102 cm³/mol. The Morgan fingerprint density at radius 2 is 1.81 bits per heavy atom. The molecule has 1 saturated heterocycles. The average Bonchev–Trinajstić information content (AvgIpc) is 2.60. The summed E-state index contributed by atoms with van der Waals surface area (Å²) in [6.07, 6.45) is -0.425. The standard InChI is InChI=1S/C17H26N2O6S2/c1-4-26(21,22)9-8-18-17(20)15-6-5-7-16(10-15)27(23,24)19-11-13(2)25-14(3)12-19/h5-7,10,13-14H,4,8-9,11-12H2,1-3H3,(H,18,20). The SMILES string of the molecule is CCS(=O)(=O)CCNC(=O)c1cccc(S(=O)(=O)N2CC(C)OC(C)C2)c1. The molecular weight excluding hydrogens is 392 g/mol. The molecule has 2 unspecified atom stereocenters. The molecule has 152 valence electrons. The number of amides is 1. The first-order chi connectivity index (χ1) is 12.5. The molecule has 0 aromatic heterocycles. The molecule has 2 atom stereocenters. The zero-order valence-electron chi connectivity index (χ0n) is 15.7. The molecule has 2 rings (SSSR count). The number of benzene rings is 1. The summed E-state index contributed by atoms with van der Waals surface area (Å²) < 4.78 is 55.7. The third-order valence-corrected chi connectivity index (χ3v) is 7.79. The molecule has 1 N–H and O–H groups in total. The van der Waals surface area contributed by atoms with E-state index in [1.807, 2.05) is 13.8 Å². The van der Waals surface area contributed by atoms with Gasteiger partial charge in [-0.1, -0.05) is 13.0 Å². The van der Waals surface area contributed by atoms with Crippen molar-refractivity contribution in [3.05, 3.63) is 29.8 Å². The predicted octanol–water partition coefficient (Wildman–Crippen LogP) is 0.649. The van der Waals surface area contributed by atoms with Crippen LogP contribution in [0.15, 0.2) is 29.2 Å². The minimum Gasteiger partial charge on any atom is -0.373 e. The van der Waals surface area contributed by atoms with Crippen LogP contribution in [0.1, 0.15) is 31.1 Å². The lowest BCUT2D eigenvalue weighted by molar-refractivity contribution is -0.0440. The Hall–Kier alpha value is -1.49. The number of nitrogens with zero attached hydrogens (tertiary/aromatic N) is 1. The summed E-state index contributed by atoms with van der Waals surface area (Å²) in [5.74, 6) is -0.661. The van der Waals surface area contributed by atoms with Crippen molar-refractivity contribution in [3.8, 4) is 0 Å². The number of sulfonamides is 1. The second-order valence-electron chi connectivity index (χ2n) is 6.60. The normalized spacial score (nSPS) is 21.7. The van der Waals surface area contributed by atoms with E-state index in [0.717, 1.165) is 0 Å². The van der Waals surface area contributed by atoms with Crippen molar-refractivity contribution in [3.63, 3.8) is 0 Å². The summed E-state index contributed by atoms with van der Waals surface area (Å²) in [6, 6.07) is 5.74. The summed E-state index contributed by atoms with van der Waals surface area (Å²) in [4.78, 5) is 12.3. The molecule has 1 heterocycles. The summed E-state index contributed by atoms with van der Waals surface area (Å²) in [5, 5.41) is 2.52. The minimum absolute atomic E-state index is 0.00694. The van der Waals surface area contributed by atoms with Crippen LogP contribution in [-0.2, 0) is 24.6 Å². The maximum Gasteiger partial charge on any atom is 0.251 e. The number of sulfone groups is 1. The molecule has 1 fully saturated rings. The topological polar surface area (TPSA) is 110 Å². The van der Waals surface area contributed by atoms with E-state index in [2.05, 4.69) is 5.32 Å². The fourth-order valence-corrected chi connectivity index (χ4v) is 5.18. The largest absolute Gasteiger partial charge is 0.373 e. The van der Waals surface area contributed by atoms with Gasteiger partial charge in [-0.15, -0.1) is 0 Å². The van der Waals surface area contributed by atoms with Crippen LogP contribution in [0.2, 0.25) is 0 Å². The Labute approximate surface area is 160 Å². The molecule has 1 aliphatic rings. The van der Waals surface area contributed by atoms with Crippen LogP contribution in [0.3, 0.4) is 0 Å². The third kappa shape index (κ3) is 5.74. The van der Waals surface area contributed by atoms with Crippen LogP contribution in [0, 0.1) is 0 Å². The second kappa shape index (κ2) is 8.68. The molecule has 27 heavy (non-hydrogen) atoms. The van der Waals surface area contributed by atoms with E-state index in [1.54, 1.807) is 6.92 Å². The van der Waals surface area contributed by atoms with Crippen LogP contribution in [0.25, 0.3) is 0 Å². The van der Waals surface area contributed by atoms with Crippen LogP contribution < -0.4 is 5.32 Å². The molecule has 0 aliphatic carbocycles. The highest BCUT2D eigenvalue weighted by Gasteiger charge is 2.32. The van der Waals surface area contributed by atoms with Crippen LogP contribution in [0.4, 0.5) is 0 Å². The first kappa shape index (κ1) is 21.8. The smallest absolute Gasteiger partial charge is 0.251 e. The second-order valence-corrected chi connectivity index (χ2v) is 11.0. The number of ether oxygens (including phenoxy) is 1. The highest BCUT2D eigenvalue weighted by Crippen LogP contribution is 2.21. The molecule has 8 nitrogen and oxygen atoms in total. The number of hydrogen-bond donors (Lipinski definition) is 1. The fraction of sp³-hybridized carbons (Fsp3) is 0.588. The number of nitrogens with one attached hydrogen (secondary N) is 1. The van der Waals surface area contributed by atoms with E-state index in [0.29, 0.717) is 0 Å². The van der Waals surface area contributed by atoms with Gasteiger partial charge in [0.1, 0.15) is 0 Å². The van der Waals surface area contributed by atoms with Crippen molar-refractivity contribution in [2.45, 2.75) is 37.9 Å². The van der Waals surface area contributed by atoms with E-state index in [-0.39, 0.29) is 53.8 Å². The zero-order chi connectivity index (χ0) is 20.2. The van der Waals surface area contributed by atoms with E-state index in [4.69, 9.17) is 4.74 Å². The van der Waals surface area contributed by atoms with E-state index < -0.39 is 25.8 Å². The van der Waals surface area contributed by atoms with E-state index in [9.17, 15) is 21.6 Å². The third-order valence-electron chi connectivity index (χ3n) is 4.26. The molecule has 1 amide bonds. The quantitative estimate of drug-likeness (QED) is 0.696. The van der Waals surface area contributed by atoms with Gasteiger partial charge in [0, 0.05) is 31.0 Å². The van der Waals surface area contributed by atoms with Crippen molar-refractivity contribution in [1.29, 1.82) is 0 Å². The van der Waals surface area contributed by atoms with Crippen molar-refractivity contribution >= 4 is 25.8 Å². The molecule has 0 saturated carbocycles. The first-order valence-electron chi connectivity index (χ1n) is 8.79. The molecule has 1 aromatic carbocycles. The molecular formula is C17H26N2O6S2. The van der Waals surface area contributed by atoms with Crippen LogP contribution >= 0.6 is 0 Å². The number of morpholine rings is 1. The summed E-state index contributed by atoms with van der Waals surface area (Å²) >= 11 is 0. The highest BCUT2D eigenvalue weighted by molar-refractivity contribution is 7.91. The Morgan fingerprint density at radius 1 is 1.19 bits per heavy atom. The molecule has 0 radical (unpaired) electrons. The van der Waals surface area contributed by atoms with Gasteiger partial charge in [0.2, 0.25) is 10.0 Å². The van der Waals surface area contributed by atoms with Crippen molar-refractivity contribution in [1.82, 2.24) is 9.62 Å². The summed E-state index contributed by atoms with van der Waals surface area (Å²) in [5.41, 5.74) is 0.166. The van der Waals surface area contributed by atoms with Gasteiger partial charge in [-0.25, -0.2) is 16.8 Å². The van der Waals surface area contributed by atoms with Crippen molar-refractivity contribution < 1.29 is 26.4 Å². The van der Waals surface area contributed by atoms with Gasteiger partial charge in [0.25, 0.3) is 5.91 Å². The lowest BCUT2D eigenvalue weighted by Gasteiger charge is -2.34. The molecule has 0 spiro atoms.